The molecule has 1 saturated heterocycles. The summed E-state index contributed by atoms with van der Waals surface area (Å²) in [6.07, 6.45) is 3.95. The van der Waals surface area contributed by atoms with Gasteiger partial charge in [-0.05, 0) is 24.8 Å². The van der Waals surface area contributed by atoms with Crippen LogP contribution in [0.25, 0.3) is 0 Å². The third-order valence-electron chi connectivity index (χ3n) is 4.02. The van der Waals surface area contributed by atoms with Crippen molar-refractivity contribution in [1.29, 1.82) is 0 Å². The molecule has 1 unspecified atom stereocenters. The summed E-state index contributed by atoms with van der Waals surface area (Å²) in [6, 6.07) is 8.23. The van der Waals surface area contributed by atoms with Gasteiger partial charge in [-0.15, -0.1) is 0 Å². The highest BCUT2D eigenvalue weighted by atomic mass is 16.6. The molecule has 0 radical (unpaired) electrons. The smallest absolute Gasteiger partial charge is 0.269 e. The van der Waals surface area contributed by atoms with Crippen LogP contribution in [0.2, 0.25) is 0 Å². The van der Waals surface area contributed by atoms with E-state index in [1.165, 1.54) is 25.8 Å². The van der Waals surface area contributed by atoms with E-state index in [0.29, 0.717) is 6.04 Å². The number of nitrogens with zero attached hydrogens (tertiary/aromatic N) is 2. The third-order valence-corrected chi connectivity index (χ3v) is 4.02. The summed E-state index contributed by atoms with van der Waals surface area (Å²) in [5.41, 5.74) is 1.26. The lowest BCUT2D eigenvalue weighted by Crippen LogP contribution is -2.32. The molecule has 1 aromatic rings. The van der Waals surface area contributed by atoms with Gasteiger partial charge in [0.2, 0.25) is 0 Å². The molecule has 2 fully saturated rings. The lowest BCUT2D eigenvalue weighted by Gasteiger charge is -2.15. The quantitative estimate of drug-likeness (QED) is 0.650. The van der Waals surface area contributed by atoms with Crippen molar-refractivity contribution in [3.8, 4) is 0 Å². The van der Waals surface area contributed by atoms with Gasteiger partial charge in [0.25, 0.3) is 5.69 Å². The minimum absolute atomic E-state index is 0.157. The molecule has 0 spiro atoms. The molecule has 1 heterocycles. The average molecular weight is 261 g/mol. The highest BCUT2D eigenvalue weighted by molar-refractivity contribution is 5.32. The number of benzene rings is 1. The Hall–Kier alpha value is -1.46. The van der Waals surface area contributed by atoms with Crippen molar-refractivity contribution in [3.63, 3.8) is 0 Å². The molecule has 3 rings (SSSR count). The molecule has 1 atom stereocenters. The summed E-state index contributed by atoms with van der Waals surface area (Å²) in [4.78, 5) is 12.8. The number of hydrogen-bond acceptors (Lipinski definition) is 4. The molecule has 5 nitrogen and oxygen atoms in total. The molecule has 0 amide bonds. The molecule has 1 aromatic carbocycles. The summed E-state index contributed by atoms with van der Waals surface area (Å²) >= 11 is 0. The van der Waals surface area contributed by atoms with Crippen LogP contribution in [0.1, 0.15) is 24.8 Å². The van der Waals surface area contributed by atoms with E-state index in [1.807, 2.05) is 12.1 Å². The predicted molar refractivity (Wildman–Crippen MR) is 72.9 cm³/mol. The first-order valence-corrected chi connectivity index (χ1v) is 6.93. The monoisotopic (exact) mass is 261 g/mol. The molecular formula is C14H19N3O2. The summed E-state index contributed by atoms with van der Waals surface area (Å²) in [5, 5.41) is 14.1. The first kappa shape index (κ1) is 12.6. The SMILES string of the molecule is O=[N+]([O-])c1ccc(CNC2CCN(C3CC3)C2)cc1. The van der Waals surface area contributed by atoms with Crippen LogP contribution in [-0.4, -0.2) is 35.0 Å². The zero-order chi connectivity index (χ0) is 13.2. The van der Waals surface area contributed by atoms with Crippen LogP contribution in [-0.2, 0) is 6.54 Å². The minimum atomic E-state index is -0.359. The van der Waals surface area contributed by atoms with Crippen LogP contribution in [0.5, 0.6) is 0 Å². The maximum Gasteiger partial charge on any atom is 0.269 e. The number of likely N-dealkylation sites (tertiary alicyclic amines) is 1. The van der Waals surface area contributed by atoms with Crippen molar-refractivity contribution < 1.29 is 4.92 Å². The van der Waals surface area contributed by atoms with Crippen LogP contribution < -0.4 is 5.32 Å². The molecule has 1 N–H and O–H groups in total. The lowest BCUT2D eigenvalue weighted by atomic mass is 10.2. The van der Waals surface area contributed by atoms with Crippen LogP contribution in [0.15, 0.2) is 24.3 Å². The van der Waals surface area contributed by atoms with Gasteiger partial charge in [0.1, 0.15) is 0 Å². The number of nitro benzene ring substituents is 1. The second-order valence-electron chi connectivity index (χ2n) is 5.52. The Morgan fingerprint density at radius 2 is 2.00 bits per heavy atom. The first-order chi connectivity index (χ1) is 9.22. The number of nitro groups is 1. The lowest BCUT2D eigenvalue weighted by molar-refractivity contribution is -0.384. The fourth-order valence-electron chi connectivity index (χ4n) is 2.72. The zero-order valence-corrected chi connectivity index (χ0v) is 10.9. The average Bonchev–Trinajstić information content (AvgIpc) is 3.16. The van der Waals surface area contributed by atoms with Crippen LogP contribution in [0.3, 0.4) is 0 Å². The molecule has 1 aliphatic heterocycles. The molecule has 2 aliphatic rings. The van der Waals surface area contributed by atoms with E-state index in [0.717, 1.165) is 24.7 Å². The van der Waals surface area contributed by atoms with Gasteiger partial charge in [-0.1, -0.05) is 12.1 Å². The van der Waals surface area contributed by atoms with E-state index < -0.39 is 0 Å². The van der Waals surface area contributed by atoms with Crippen molar-refractivity contribution in [2.24, 2.45) is 0 Å². The summed E-state index contributed by atoms with van der Waals surface area (Å²) in [5.74, 6) is 0. The van der Waals surface area contributed by atoms with Crippen LogP contribution in [0, 0.1) is 10.1 Å². The normalized spacial score (nSPS) is 23.7. The van der Waals surface area contributed by atoms with E-state index in [-0.39, 0.29) is 10.6 Å². The molecule has 1 saturated carbocycles. The van der Waals surface area contributed by atoms with Gasteiger partial charge in [-0.3, -0.25) is 15.0 Å². The van der Waals surface area contributed by atoms with Gasteiger partial charge in [0.05, 0.1) is 4.92 Å². The van der Waals surface area contributed by atoms with E-state index in [1.54, 1.807) is 12.1 Å². The maximum absolute atomic E-state index is 10.6. The number of hydrogen-bond donors (Lipinski definition) is 1. The second-order valence-corrected chi connectivity index (χ2v) is 5.52. The van der Waals surface area contributed by atoms with Gasteiger partial charge >= 0.3 is 0 Å². The predicted octanol–water partition coefficient (Wildman–Crippen LogP) is 1.92. The first-order valence-electron chi connectivity index (χ1n) is 6.93. The second kappa shape index (κ2) is 5.27. The number of nitrogens with one attached hydrogen (secondary N) is 1. The van der Waals surface area contributed by atoms with Crippen molar-refractivity contribution in [1.82, 2.24) is 10.2 Å². The van der Waals surface area contributed by atoms with Crippen molar-refractivity contribution in [2.75, 3.05) is 13.1 Å². The Bertz CT molecular complexity index is 456. The van der Waals surface area contributed by atoms with Crippen LogP contribution in [0.4, 0.5) is 5.69 Å². The Kier molecular flexibility index (Phi) is 3.48. The molecule has 1 aliphatic carbocycles. The zero-order valence-electron chi connectivity index (χ0n) is 10.9. The Morgan fingerprint density at radius 3 is 2.63 bits per heavy atom. The summed E-state index contributed by atoms with van der Waals surface area (Å²) < 4.78 is 0. The minimum Gasteiger partial charge on any atom is -0.309 e. The fourth-order valence-corrected chi connectivity index (χ4v) is 2.72. The topological polar surface area (TPSA) is 58.4 Å². The number of rotatable bonds is 5. The van der Waals surface area contributed by atoms with Gasteiger partial charge < -0.3 is 5.32 Å². The molecule has 102 valence electrons. The molecule has 19 heavy (non-hydrogen) atoms. The van der Waals surface area contributed by atoms with E-state index in [2.05, 4.69) is 10.2 Å². The van der Waals surface area contributed by atoms with E-state index in [4.69, 9.17) is 0 Å². The van der Waals surface area contributed by atoms with Gasteiger partial charge in [-0.2, -0.15) is 0 Å². The molecule has 0 bridgehead atoms. The Balaban J connectivity index is 1.48. The molecule has 0 aromatic heterocycles. The highest BCUT2D eigenvalue weighted by Gasteiger charge is 2.33. The van der Waals surface area contributed by atoms with Gasteiger partial charge in [0.15, 0.2) is 0 Å². The summed E-state index contributed by atoms with van der Waals surface area (Å²) in [6.45, 7) is 3.15. The van der Waals surface area contributed by atoms with Gasteiger partial charge in [0, 0.05) is 43.9 Å². The maximum atomic E-state index is 10.6. The summed E-state index contributed by atoms with van der Waals surface area (Å²) in [7, 11) is 0. The van der Waals surface area contributed by atoms with E-state index >= 15 is 0 Å². The Labute approximate surface area is 112 Å². The van der Waals surface area contributed by atoms with E-state index in [9.17, 15) is 10.1 Å². The molecular weight excluding hydrogens is 242 g/mol. The van der Waals surface area contributed by atoms with Crippen molar-refractivity contribution >= 4 is 5.69 Å². The van der Waals surface area contributed by atoms with Crippen LogP contribution >= 0.6 is 0 Å². The standard InChI is InChI=1S/C14H19N3O2/c18-17(19)14-3-1-11(2-4-14)9-15-12-7-8-16(10-12)13-5-6-13/h1-4,12-13,15H,5-10H2. The van der Waals surface area contributed by atoms with Crippen molar-refractivity contribution in [3.05, 3.63) is 39.9 Å². The largest absolute Gasteiger partial charge is 0.309 e. The van der Waals surface area contributed by atoms with Crippen molar-refractivity contribution in [2.45, 2.75) is 37.9 Å². The Morgan fingerprint density at radius 1 is 1.26 bits per heavy atom. The molecule has 5 heteroatoms. The highest BCUT2D eigenvalue weighted by Crippen LogP contribution is 2.29. The number of non-ortho nitro benzene ring substituents is 1. The van der Waals surface area contributed by atoms with Gasteiger partial charge in [-0.25, -0.2) is 0 Å². The third kappa shape index (κ3) is 3.11. The fraction of sp³-hybridized carbons (Fsp3) is 0.571.